The van der Waals surface area contributed by atoms with E-state index in [1.54, 1.807) is 12.3 Å². The molecule has 0 aliphatic heterocycles. The summed E-state index contributed by atoms with van der Waals surface area (Å²) in [6.07, 6.45) is -4.55. The number of pyridine rings is 1. The van der Waals surface area contributed by atoms with Crippen LogP contribution in [0.15, 0.2) is 18.3 Å². The van der Waals surface area contributed by atoms with Crippen LogP contribution in [0, 0.1) is 0 Å². The second kappa shape index (κ2) is 5.97. The number of aliphatic hydroxyl groups is 1. The molecule has 0 fully saturated rings. The van der Waals surface area contributed by atoms with Gasteiger partial charge in [0.05, 0.1) is 5.69 Å². The fourth-order valence-electron chi connectivity index (χ4n) is 1.40. The third kappa shape index (κ3) is 4.32. The largest absolute Gasteiger partial charge is 0.415 e. The van der Waals surface area contributed by atoms with Crippen LogP contribution in [0.2, 0.25) is 0 Å². The number of alkyl halides is 3. The summed E-state index contributed by atoms with van der Waals surface area (Å²) in [6, 6.07) is 3.66. The molecule has 1 heterocycles. The highest BCUT2D eigenvalue weighted by Crippen LogP contribution is 2.19. The molecule has 0 saturated heterocycles. The van der Waals surface area contributed by atoms with Gasteiger partial charge in [0.1, 0.15) is 0 Å². The molecule has 1 aromatic heterocycles. The maximum atomic E-state index is 12.0. The van der Waals surface area contributed by atoms with E-state index in [9.17, 15) is 13.2 Å². The van der Waals surface area contributed by atoms with Crippen LogP contribution < -0.4 is 5.32 Å². The van der Waals surface area contributed by atoms with Gasteiger partial charge in [0.25, 0.3) is 0 Å². The van der Waals surface area contributed by atoms with Crippen LogP contribution in [0.5, 0.6) is 0 Å². The molecule has 1 rings (SSSR count). The van der Waals surface area contributed by atoms with Gasteiger partial charge in [-0.2, -0.15) is 13.2 Å². The summed E-state index contributed by atoms with van der Waals surface area (Å²) in [5.74, 6) is 0. The lowest BCUT2D eigenvalue weighted by Crippen LogP contribution is -2.38. The Hall–Kier alpha value is -1.14. The molecular formula is C11H15F3N2O. The van der Waals surface area contributed by atoms with E-state index in [0.29, 0.717) is 5.69 Å². The van der Waals surface area contributed by atoms with E-state index in [4.69, 9.17) is 5.11 Å². The fraction of sp³-hybridized carbons (Fsp3) is 0.545. The number of hydrogen-bond acceptors (Lipinski definition) is 3. The Labute approximate surface area is 97.7 Å². The fourth-order valence-corrected chi connectivity index (χ4v) is 1.40. The van der Waals surface area contributed by atoms with Crippen molar-refractivity contribution in [3.05, 3.63) is 29.6 Å². The summed E-state index contributed by atoms with van der Waals surface area (Å²) in [5, 5.41) is 11.3. The van der Waals surface area contributed by atoms with Gasteiger partial charge in [-0.1, -0.05) is 13.0 Å². The summed E-state index contributed by atoms with van der Waals surface area (Å²) in [4.78, 5) is 4.08. The Balaban J connectivity index is 2.46. The predicted octanol–water partition coefficient (Wildman–Crippen LogP) is 1.66. The van der Waals surface area contributed by atoms with Gasteiger partial charge < -0.3 is 10.4 Å². The molecule has 0 aliphatic carbocycles. The molecule has 0 amide bonds. The first-order valence-corrected chi connectivity index (χ1v) is 5.33. The molecule has 2 N–H and O–H groups in total. The van der Waals surface area contributed by atoms with Gasteiger partial charge >= 0.3 is 6.18 Å². The van der Waals surface area contributed by atoms with Crippen LogP contribution in [0.25, 0.3) is 0 Å². The molecule has 17 heavy (non-hydrogen) atoms. The summed E-state index contributed by atoms with van der Waals surface area (Å²) < 4.78 is 36.0. The van der Waals surface area contributed by atoms with E-state index in [2.05, 4.69) is 10.3 Å². The van der Waals surface area contributed by atoms with Crippen LogP contribution in [-0.4, -0.2) is 28.9 Å². The lowest BCUT2D eigenvalue weighted by molar-refractivity contribution is -0.201. The zero-order valence-electron chi connectivity index (χ0n) is 9.46. The van der Waals surface area contributed by atoms with E-state index in [0.717, 1.165) is 12.0 Å². The number of halogens is 3. The van der Waals surface area contributed by atoms with Crippen molar-refractivity contribution in [1.82, 2.24) is 10.3 Å². The average Bonchev–Trinajstić information content (AvgIpc) is 2.28. The summed E-state index contributed by atoms with van der Waals surface area (Å²) in [6.45, 7) is 1.64. The molecule has 0 spiro atoms. The second-order valence-corrected chi connectivity index (χ2v) is 3.65. The van der Waals surface area contributed by atoms with Crippen LogP contribution in [-0.2, 0) is 13.0 Å². The highest BCUT2D eigenvalue weighted by atomic mass is 19.4. The number of aryl methyl sites for hydroxylation is 1. The molecule has 0 bridgehead atoms. The highest BCUT2D eigenvalue weighted by molar-refractivity contribution is 5.19. The molecule has 3 nitrogen and oxygen atoms in total. The maximum absolute atomic E-state index is 12.0. The summed E-state index contributed by atoms with van der Waals surface area (Å²) in [7, 11) is 0. The normalized spacial score (nSPS) is 13.7. The van der Waals surface area contributed by atoms with Gasteiger partial charge in [0.2, 0.25) is 0 Å². The third-order valence-corrected chi connectivity index (χ3v) is 2.37. The Morgan fingerprint density at radius 1 is 1.47 bits per heavy atom. The SMILES string of the molecule is CCc1cccnc1CNCC(O)C(F)(F)F. The first-order chi connectivity index (χ1) is 7.95. The Morgan fingerprint density at radius 3 is 2.76 bits per heavy atom. The topological polar surface area (TPSA) is 45.2 Å². The monoisotopic (exact) mass is 248 g/mol. The number of rotatable bonds is 5. The van der Waals surface area contributed by atoms with Crippen molar-refractivity contribution in [2.24, 2.45) is 0 Å². The minimum Gasteiger partial charge on any atom is -0.382 e. The van der Waals surface area contributed by atoms with Crippen molar-refractivity contribution < 1.29 is 18.3 Å². The molecule has 0 aliphatic rings. The number of aliphatic hydroxyl groups excluding tert-OH is 1. The van der Waals surface area contributed by atoms with Crippen molar-refractivity contribution in [3.63, 3.8) is 0 Å². The lowest BCUT2D eigenvalue weighted by Gasteiger charge is -2.15. The van der Waals surface area contributed by atoms with Crippen molar-refractivity contribution >= 4 is 0 Å². The van der Waals surface area contributed by atoms with Crippen molar-refractivity contribution in [1.29, 1.82) is 0 Å². The van der Waals surface area contributed by atoms with E-state index in [-0.39, 0.29) is 6.54 Å². The third-order valence-electron chi connectivity index (χ3n) is 2.37. The van der Waals surface area contributed by atoms with Gasteiger partial charge in [-0.15, -0.1) is 0 Å². The maximum Gasteiger partial charge on any atom is 0.415 e. The zero-order chi connectivity index (χ0) is 12.9. The molecule has 0 aromatic carbocycles. The van der Waals surface area contributed by atoms with Crippen LogP contribution in [0.3, 0.4) is 0 Å². The van der Waals surface area contributed by atoms with Gasteiger partial charge in [-0.3, -0.25) is 4.98 Å². The summed E-state index contributed by atoms with van der Waals surface area (Å²) >= 11 is 0. The van der Waals surface area contributed by atoms with E-state index in [1.165, 1.54) is 0 Å². The molecule has 1 aromatic rings. The zero-order valence-corrected chi connectivity index (χ0v) is 9.46. The van der Waals surface area contributed by atoms with E-state index in [1.807, 2.05) is 13.0 Å². The second-order valence-electron chi connectivity index (χ2n) is 3.65. The van der Waals surface area contributed by atoms with E-state index < -0.39 is 18.8 Å². The quantitative estimate of drug-likeness (QED) is 0.833. The van der Waals surface area contributed by atoms with Crippen molar-refractivity contribution in [3.8, 4) is 0 Å². The first-order valence-electron chi connectivity index (χ1n) is 5.33. The van der Waals surface area contributed by atoms with Gasteiger partial charge in [-0.05, 0) is 18.1 Å². The molecule has 6 heteroatoms. The number of nitrogens with one attached hydrogen (secondary N) is 1. The standard InChI is InChI=1S/C11H15F3N2O/c1-2-8-4-3-5-16-9(8)6-15-7-10(17)11(12,13)14/h3-5,10,15,17H,2,6-7H2,1H3. The Kier molecular flexibility index (Phi) is 4.89. The minimum absolute atomic E-state index is 0.219. The number of nitrogens with zero attached hydrogens (tertiary/aromatic N) is 1. The van der Waals surface area contributed by atoms with Gasteiger partial charge in [-0.25, -0.2) is 0 Å². The highest BCUT2D eigenvalue weighted by Gasteiger charge is 2.37. The Bertz CT molecular complexity index is 355. The number of aromatic nitrogens is 1. The van der Waals surface area contributed by atoms with Gasteiger partial charge in [0, 0.05) is 19.3 Å². The smallest absolute Gasteiger partial charge is 0.382 e. The van der Waals surface area contributed by atoms with Gasteiger partial charge in [0.15, 0.2) is 6.10 Å². The molecule has 0 saturated carbocycles. The van der Waals surface area contributed by atoms with Crippen LogP contribution in [0.1, 0.15) is 18.2 Å². The van der Waals surface area contributed by atoms with Crippen molar-refractivity contribution in [2.45, 2.75) is 32.2 Å². The molecule has 1 unspecified atom stereocenters. The first kappa shape index (κ1) is 13.9. The molecule has 1 atom stereocenters. The molecular weight excluding hydrogens is 233 g/mol. The molecule has 96 valence electrons. The predicted molar refractivity (Wildman–Crippen MR) is 57.4 cm³/mol. The average molecular weight is 248 g/mol. The van der Waals surface area contributed by atoms with Crippen molar-refractivity contribution in [2.75, 3.05) is 6.54 Å². The number of hydrogen-bond donors (Lipinski definition) is 2. The van der Waals surface area contributed by atoms with Crippen LogP contribution in [0.4, 0.5) is 13.2 Å². The molecule has 0 radical (unpaired) electrons. The summed E-state index contributed by atoms with van der Waals surface area (Å²) in [5.41, 5.74) is 1.70. The van der Waals surface area contributed by atoms with E-state index >= 15 is 0 Å². The van der Waals surface area contributed by atoms with Crippen LogP contribution >= 0.6 is 0 Å². The Morgan fingerprint density at radius 2 is 2.18 bits per heavy atom. The minimum atomic E-state index is -4.58. The lowest BCUT2D eigenvalue weighted by atomic mass is 10.1.